The highest BCUT2D eigenvalue weighted by Gasteiger charge is 2.12. The summed E-state index contributed by atoms with van der Waals surface area (Å²) in [6.07, 6.45) is 1.60. The highest BCUT2D eigenvalue weighted by atomic mass is 35.5. The van der Waals surface area contributed by atoms with Crippen LogP contribution in [0.3, 0.4) is 0 Å². The van der Waals surface area contributed by atoms with E-state index in [-0.39, 0.29) is 0 Å². The number of rotatable bonds is 4. The third kappa shape index (κ3) is 3.20. The number of hydrogen-bond donors (Lipinski definition) is 0. The van der Waals surface area contributed by atoms with Gasteiger partial charge in [-0.3, -0.25) is 0 Å². The minimum Gasteiger partial charge on any atom is -0.452 e. The van der Waals surface area contributed by atoms with Crippen LogP contribution in [-0.2, 0) is 6.54 Å². The predicted octanol–water partition coefficient (Wildman–Crippen LogP) is 5.03. The maximum Gasteiger partial charge on any atom is 0.184 e. The third-order valence-corrected chi connectivity index (χ3v) is 3.74. The Morgan fingerprint density at radius 2 is 1.67 bits per heavy atom. The molecule has 0 aliphatic carbocycles. The molecule has 21 heavy (non-hydrogen) atoms. The van der Waals surface area contributed by atoms with Crippen molar-refractivity contribution in [1.29, 1.82) is 0 Å². The second-order valence-electron chi connectivity index (χ2n) is 4.46. The first-order valence-corrected chi connectivity index (χ1v) is 7.17. The molecule has 0 fully saturated rings. The lowest BCUT2D eigenvalue weighted by Gasteiger charge is -2.06. The molecule has 0 aliphatic heterocycles. The van der Waals surface area contributed by atoms with Gasteiger partial charge in [0, 0.05) is 5.02 Å². The molecule has 1 aromatic heterocycles. The molecule has 0 bridgehead atoms. The van der Waals surface area contributed by atoms with Crippen LogP contribution in [0, 0.1) is 0 Å². The lowest BCUT2D eigenvalue weighted by atomic mass is 10.2. The van der Waals surface area contributed by atoms with Crippen molar-refractivity contribution in [3.05, 3.63) is 76.5 Å². The van der Waals surface area contributed by atoms with Crippen LogP contribution in [-0.4, -0.2) is 9.78 Å². The van der Waals surface area contributed by atoms with Crippen molar-refractivity contribution >= 4 is 23.2 Å². The number of aromatic nitrogens is 2. The summed E-state index contributed by atoms with van der Waals surface area (Å²) in [4.78, 5) is 0. The standard InChI is InChI=1S/C16H12Cl2N2O/c17-14-9-5-4-6-12(14)11-20-16(18)15(10-19-20)21-13-7-2-1-3-8-13/h1-10H,11H2. The number of ether oxygens (including phenoxy) is 1. The zero-order valence-corrected chi connectivity index (χ0v) is 12.6. The second kappa shape index (κ2) is 6.20. The van der Waals surface area contributed by atoms with E-state index in [1.807, 2.05) is 54.6 Å². The first-order chi connectivity index (χ1) is 10.2. The van der Waals surface area contributed by atoms with E-state index in [0.717, 1.165) is 11.3 Å². The Bertz CT molecular complexity index is 741. The third-order valence-electron chi connectivity index (χ3n) is 2.99. The Kier molecular flexibility index (Phi) is 4.13. The second-order valence-corrected chi connectivity index (χ2v) is 5.23. The van der Waals surface area contributed by atoms with Crippen LogP contribution in [0.25, 0.3) is 0 Å². The van der Waals surface area contributed by atoms with Gasteiger partial charge in [0.15, 0.2) is 10.9 Å². The monoisotopic (exact) mass is 318 g/mol. The normalized spacial score (nSPS) is 10.6. The molecule has 0 unspecified atom stereocenters. The van der Waals surface area contributed by atoms with Crippen molar-refractivity contribution in [1.82, 2.24) is 9.78 Å². The van der Waals surface area contributed by atoms with Crippen molar-refractivity contribution in [2.45, 2.75) is 6.54 Å². The van der Waals surface area contributed by atoms with Crippen LogP contribution in [0.15, 0.2) is 60.8 Å². The lowest BCUT2D eigenvalue weighted by molar-refractivity contribution is 0.482. The van der Waals surface area contributed by atoms with Gasteiger partial charge in [-0.25, -0.2) is 4.68 Å². The van der Waals surface area contributed by atoms with Gasteiger partial charge >= 0.3 is 0 Å². The van der Waals surface area contributed by atoms with Gasteiger partial charge in [0.1, 0.15) is 5.75 Å². The van der Waals surface area contributed by atoms with Gasteiger partial charge in [-0.2, -0.15) is 5.10 Å². The van der Waals surface area contributed by atoms with Crippen LogP contribution in [0.5, 0.6) is 11.5 Å². The molecule has 0 saturated carbocycles. The summed E-state index contributed by atoms with van der Waals surface area (Å²) in [5.74, 6) is 1.24. The smallest absolute Gasteiger partial charge is 0.184 e. The van der Waals surface area contributed by atoms with Gasteiger partial charge in [-0.05, 0) is 23.8 Å². The van der Waals surface area contributed by atoms with Gasteiger partial charge in [-0.1, -0.05) is 59.6 Å². The van der Waals surface area contributed by atoms with E-state index in [1.165, 1.54) is 0 Å². The molecule has 0 spiro atoms. The number of nitrogens with zero attached hydrogens (tertiary/aromatic N) is 2. The molecule has 5 heteroatoms. The molecule has 3 aromatic rings. The van der Waals surface area contributed by atoms with Crippen LogP contribution in [0.1, 0.15) is 5.56 Å². The van der Waals surface area contributed by atoms with E-state index < -0.39 is 0 Å². The van der Waals surface area contributed by atoms with Crippen molar-refractivity contribution in [2.24, 2.45) is 0 Å². The van der Waals surface area contributed by atoms with Crippen LogP contribution in [0.4, 0.5) is 0 Å². The molecule has 0 amide bonds. The van der Waals surface area contributed by atoms with Crippen LogP contribution in [0.2, 0.25) is 10.2 Å². The number of hydrogen-bond acceptors (Lipinski definition) is 2. The highest BCUT2D eigenvalue weighted by molar-refractivity contribution is 6.31. The summed E-state index contributed by atoms with van der Waals surface area (Å²) >= 11 is 12.5. The molecular formula is C16H12Cl2N2O. The van der Waals surface area contributed by atoms with Crippen molar-refractivity contribution < 1.29 is 4.74 Å². The summed E-state index contributed by atoms with van der Waals surface area (Å²) in [5.41, 5.74) is 0.954. The number of benzene rings is 2. The minimum absolute atomic E-state index is 0.443. The Hall–Kier alpha value is -1.97. The van der Waals surface area contributed by atoms with Gasteiger partial charge in [0.2, 0.25) is 0 Å². The summed E-state index contributed by atoms with van der Waals surface area (Å²) in [6.45, 7) is 0.497. The Morgan fingerprint density at radius 3 is 2.43 bits per heavy atom. The van der Waals surface area contributed by atoms with E-state index in [4.69, 9.17) is 27.9 Å². The predicted molar refractivity (Wildman–Crippen MR) is 84.3 cm³/mol. The average molecular weight is 319 g/mol. The van der Waals surface area contributed by atoms with E-state index in [9.17, 15) is 0 Å². The summed E-state index contributed by atoms with van der Waals surface area (Å²) in [5, 5.41) is 5.38. The Balaban J connectivity index is 1.81. The molecule has 2 aromatic carbocycles. The largest absolute Gasteiger partial charge is 0.452 e. The van der Waals surface area contributed by atoms with Crippen LogP contribution >= 0.6 is 23.2 Å². The molecule has 0 aliphatic rings. The van der Waals surface area contributed by atoms with E-state index in [1.54, 1.807) is 10.9 Å². The van der Waals surface area contributed by atoms with Gasteiger partial charge < -0.3 is 4.74 Å². The molecule has 0 saturated heterocycles. The van der Waals surface area contributed by atoms with Gasteiger partial charge in [0.05, 0.1) is 12.7 Å². The summed E-state index contributed by atoms with van der Waals surface area (Å²) in [6, 6.07) is 17.1. The van der Waals surface area contributed by atoms with Crippen molar-refractivity contribution in [3.8, 4) is 11.5 Å². The maximum absolute atomic E-state index is 6.31. The molecule has 0 atom stereocenters. The Labute approximate surface area is 132 Å². The van der Waals surface area contributed by atoms with Crippen molar-refractivity contribution in [3.63, 3.8) is 0 Å². The Morgan fingerprint density at radius 1 is 0.952 bits per heavy atom. The zero-order valence-electron chi connectivity index (χ0n) is 11.0. The fourth-order valence-corrected chi connectivity index (χ4v) is 2.32. The number of halogens is 2. The number of para-hydroxylation sites is 1. The van der Waals surface area contributed by atoms with Gasteiger partial charge in [-0.15, -0.1) is 0 Å². The topological polar surface area (TPSA) is 27.1 Å². The lowest BCUT2D eigenvalue weighted by Crippen LogP contribution is -2.02. The minimum atomic E-state index is 0.443. The molecule has 1 heterocycles. The van der Waals surface area contributed by atoms with Crippen LogP contribution < -0.4 is 4.74 Å². The zero-order chi connectivity index (χ0) is 14.7. The maximum atomic E-state index is 6.31. The molecule has 106 valence electrons. The molecule has 3 rings (SSSR count). The first-order valence-electron chi connectivity index (χ1n) is 6.41. The quantitative estimate of drug-likeness (QED) is 0.674. The van der Waals surface area contributed by atoms with E-state index >= 15 is 0 Å². The highest BCUT2D eigenvalue weighted by Crippen LogP contribution is 2.29. The molecule has 0 N–H and O–H groups in total. The SMILES string of the molecule is Clc1ccccc1Cn1ncc(Oc2ccccc2)c1Cl. The van der Waals surface area contributed by atoms with E-state index in [0.29, 0.717) is 22.5 Å². The molecule has 3 nitrogen and oxygen atoms in total. The molecule has 0 radical (unpaired) electrons. The van der Waals surface area contributed by atoms with Crippen molar-refractivity contribution in [2.75, 3.05) is 0 Å². The first kappa shape index (κ1) is 14.0. The van der Waals surface area contributed by atoms with Gasteiger partial charge in [0.25, 0.3) is 0 Å². The fourth-order valence-electron chi connectivity index (χ4n) is 1.94. The summed E-state index contributed by atoms with van der Waals surface area (Å²) in [7, 11) is 0. The van der Waals surface area contributed by atoms with E-state index in [2.05, 4.69) is 5.10 Å². The molecular weight excluding hydrogens is 307 g/mol. The average Bonchev–Trinajstić information content (AvgIpc) is 2.84. The summed E-state index contributed by atoms with van der Waals surface area (Å²) < 4.78 is 7.36. The fraction of sp³-hybridized carbons (Fsp3) is 0.0625.